The molecule has 2 atom stereocenters. The lowest BCUT2D eigenvalue weighted by Gasteiger charge is -2.23. The van der Waals surface area contributed by atoms with Crippen molar-refractivity contribution in [3.63, 3.8) is 0 Å². The maximum absolute atomic E-state index is 13.9. The Morgan fingerprint density at radius 3 is 2.60 bits per heavy atom. The van der Waals surface area contributed by atoms with Crippen molar-refractivity contribution in [3.8, 4) is 11.5 Å². The van der Waals surface area contributed by atoms with E-state index in [1.54, 1.807) is 31.2 Å². The van der Waals surface area contributed by atoms with Gasteiger partial charge in [0.1, 0.15) is 30.2 Å². The fourth-order valence-electron chi connectivity index (χ4n) is 4.77. The molecule has 14 nitrogen and oxygen atoms in total. The van der Waals surface area contributed by atoms with Crippen LogP contribution in [0.5, 0.6) is 11.5 Å². The highest BCUT2D eigenvalue weighted by Gasteiger charge is 2.29. The smallest absolute Gasteiger partial charge is 0.273 e. The van der Waals surface area contributed by atoms with Crippen LogP contribution in [0.25, 0.3) is 0 Å². The highest BCUT2D eigenvalue weighted by Crippen LogP contribution is 2.21. The molecule has 0 radical (unpaired) electrons. The van der Waals surface area contributed by atoms with Crippen molar-refractivity contribution in [3.05, 3.63) is 76.9 Å². The van der Waals surface area contributed by atoms with Gasteiger partial charge < -0.3 is 41.0 Å². The standard InChI is InChI=1S/C32H37FN6O8/c1-19-21(18-46-26-13-5-3-10-22(26)33)28(39-47-19)32(44)36-14-7-6-11-23-30(42)35-15-8-16-45-25-12-4-2-9-20(25)29(41)38-24(17-27(34)40)31(43)37-23/h2-5,9-10,12-13,23-24H,6-8,11,14-18H2,1H3,(H2,34,40)(H,35,42)(H,36,44)(H,37,43)(H,38,41)/t23-,24-/m0/s1. The van der Waals surface area contributed by atoms with Gasteiger partial charge in [0.05, 0.1) is 24.2 Å². The number of para-hydroxylation sites is 2. The molecule has 0 saturated heterocycles. The van der Waals surface area contributed by atoms with Crippen LogP contribution < -0.4 is 36.5 Å². The summed E-state index contributed by atoms with van der Waals surface area (Å²) in [6.07, 6.45) is 0.969. The van der Waals surface area contributed by atoms with Crippen LogP contribution in [0.4, 0.5) is 4.39 Å². The molecule has 0 unspecified atom stereocenters. The van der Waals surface area contributed by atoms with E-state index < -0.39 is 53.9 Å². The summed E-state index contributed by atoms with van der Waals surface area (Å²) in [5.74, 6) is -3.07. The predicted octanol–water partition coefficient (Wildman–Crippen LogP) is 1.66. The summed E-state index contributed by atoms with van der Waals surface area (Å²) in [5.41, 5.74) is 5.91. The Balaban J connectivity index is 1.34. The molecule has 1 aromatic heterocycles. The maximum Gasteiger partial charge on any atom is 0.273 e. The van der Waals surface area contributed by atoms with Crippen LogP contribution in [-0.4, -0.2) is 66.5 Å². The minimum absolute atomic E-state index is 0.00524. The van der Waals surface area contributed by atoms with Crippen LogP contribution >= 0.6 is 0 Å². The monoisotopic (exact) mass is 652 g/mol. The van der Waals surface area contributed by atoms with E-state index in [4.69, 9.17) is 19.7 Å². The molecule has 2 aromatic carbocycles. The number of nitrogens with one attached hydrogen (secondary N) is 4. The van der Waals surface area contributed by atoms with E-state index in [1.807, 2.05) is 0 Å². The number of ether oxygens (including phenoxy) is 2. The zero-order valence-electron chi connectivity index (χ0n) is 25.8. The van der Waals surface area contributed by atoms with Crippen molar-refractivity contribution < 1.29 is 42.4 Å². The molecule has 3 aromatic rings. The van der Waals surface area contributed by atoms with Crippen molar-refractivity contribution in [1.82, 2.24) is 26.4 Å². The summed E-state index contributed by atoms with van der Waals surface area (Å²) in [6.45, 7) is 2.15. The normalized spacial score (nSPS) is 17.2. The first kappa shape index (κ1) is 34.4. The van der Waals surface area contributed by atoms with Gasteiger partial charge in [-0.3, -0.25) is 24.0 Å². The number of carbonyl (C=O) groups is 5. The van der Waals surface area contributed by atoms with Crippen molar-refractivity contribution in [2.75, 3.05) is 19.7 Å². The molecule has 0 aliphatic carbocycles. The second-order valence-electron chi connectivity index (χ2n) is 10.8. The maximum atomic E-state index is 13.9. The van der Waals surface area contributed by atoms with E-state index in [9.17, 15) is 28.4 Å². The van der Waals surface area contributed by atoms with Crippen molar-refractivity contribution in [1.29, 1.82) is 0 Å². The second-order valence-corrected chi connectivity index (χ2v) is 10.8. The average Bonchev–Trinajstić information content (AvgIpc) is 3.42. The van der Waals surface area contributed by atoms with E-state index in [-0.39, 0.29) is 49.7 Å². The number of unbranched alkanes of at least 4 members (excludes halogenated alkanes) is 1. The van der Waals surface area contributed by atoms with E-state index in [0.29, 0.717) is 36.3 Å². The molecular weight excluding hydrogens is 615 g/mol. The van der Waals surface area contributed by atoms with E-state index in [0.717, 1.165) is 0 Å². The molecule has 0 spiro atoms. The fourth-order valence-corrected chi connectivity index (χ4v) is 4.77. The van der Waals surface area contributed by atoms with E-state index in [2.05, 4.69) is 26.4 Å². The number of aryl methyl sites for hydroxylation is 1. The number of fused-ring (bicyclic) bond motifs is 1. The lowest BCUT2D eigenvalue weighted by atomic mass is 10.1. The Bertz CT molecular complexity index is 1590. The van der Waals surface area contributed by atoms with E-state index in [1.165, 1.54) is 24.3 Å². The van der Waals surface area contributed by atoms with Gasteiger partial charge in [0, 0.05) is 13.1 Å². The van der Waals surface area contributed by atoms with Crippen LogP contribution in [0.2, 0.25) is 0 Å². The number of aromatic nitrogens is 1. The summed E-state index contributed by atoms with van der Waals surface area (Å²) in [6, 6.07) is 10.0. The van der Waals surface area contributed by atoms with Gasteiger partial charge in [0.2, 0.25) is 17.7 Å². The first-order valence-electron chi connectivity index (χ1n) is 15.1. The first-order chi connectivity index (χ1) is 22.6. The third-order valence-corrected chi connectivity index (χ3v) is 7.28. The molecule has 1 aliphatic rings. The van der Waals surface area contributed by atoms with Gasteiger partial charge in [0.15, 0.2) is 17.3 Å². The number of rotatable bonds is 11. The molecule has 2 heterocycles. The van der Waals surface area contributed by atoms with Gasteiger partial charge in [-0.25, -0.2) is 4.39 Å². The molecule has 4 rings (SSSR count). The summed E-state index contributed by atoms with van der Waals surface area (Å²) in [4.78, 5) is 63.9. The van der Waals surface area contributed by atoms with Crippen molar-refractivity contribution >= 4 is 29.5 Å². The summed E-state index contributed by atoms with van der Waals surface area (Å²) in [5, 5.41) is 14.5. The van der Waals surface area contributed by atoms with E-state index >= 15 is 0 Å². The highest BCUT2D eigenvalue weighted by molar-refractivity contribution is 6.01. The largest absolute Gasteiger partial charge is 0.493 e. The van der Waals surface area contributed by atoms with Crippen LogP contribution in [0.3, 0.4) is 0 Å². The molecule has 1 aliphatic heterocycles. The third kappa shape index (κ3) is 9.76. The molecular formula is C32H37FN6O8. The second kappa shape index (κ2) is 16.7. The molecule has 0 bridgehead atoms. The number of primary amides is 1. The summed E-state index contributed by atoms with van der Waals surface area (Å²) >= 11 is 0. The number of hydrogen-bond donors (Lipinski definition) is 5. The molecule has 250 valence electrons. The van der Waals surface area contributed by atoms with Crippen LogP contribution in [0, 0.1) is 12.7 Å². The number of benzene rings is 2. The highest BCUT2D eigenvalue weighted by atomic mass is 19.1. The quantitative estimate of drug-likeness (QED) is 0.191. The SMILES string of the molecule is Cc1onc(C(=O)NCCCC[C@@H]2NC(=O)[C@H](CC(N)=O)NC(=O)c3ccccc3OCCCNC2=O)c1COc1ccccc1F. The lowest BCUT2D eigenvalue weighted by molar-refractivity contribution is -0.131. The van der Waals surface area contributed by atoms with Gasteiger partial charge in [-0.1, -0.05) is 29.4 Å². The average molecular weight is 653 g/mol. The number of amides is 5. The molecule has 5 amide bonds. The number of halogens is 1. The number of hydrogen-bond acceptors (Lipinski definition) is 9. The van der Waals surface area contributed by atoms with Gasteiger partial charge in [-0.05, 0) is 56.9 Å². The Kier molecular flexibility index (Phi) is 12.2. The van der Waals surface area contributed by atoms with Crippen molar-refractivity contribution in [2.24, 2.45) is 5.73 Å². The molecule has 6 N–H and O–H groups in total. The van der Waals surface area contributed by atoms with Crippen LogP contribution in [-0.2, 0) is 21.0 Å². The topological polar surface area (TPSA) is 204 Å². The zero-order chi connectivity index (χ0) is 33.8. The number of nitrogens with zero attached hydrogens (tertiary/aromatic N) is 1. The minimum atomic E-state index is -1.34. The van der Waals surface area contributed by atoms with Gasteiger partial charge >= 0.3 is 0 Å². The molecule has 15 heteroatoms. The third-order valence-electron chi connectivity index (χ3n) is 7.28. The van der Waals surface area contributed by atoms with Gasteiger partial charge in [-0.2, -0.15) is 0 Å². The van der Waals surface area contributed by atoms with Crippen molar-refractivity contribution in [2.45, 2.75) is 57.7 Å². The lowest BCUT2D eigenvalue weighted by Crippen LogP contribution is -2.54. The van der Waals surface area contributed by atoms with Crippen LogP contribution in [0.1, 0.15) is 64.3 Å². The zero-order valence-corrected chi connectivity index (χ0v) is 25.8. The predicted molar refractivity (Wildman–Crippen MR) is 165 cm³/mol. The first-order valence-corrected chi connectivity index (χ1v) is 15.1. The fraction of sp³-hybridized carbons (Fsp3) is 0.375. The summed E-state index contributed by atoms with van der Waals surface area (Å²) in [7, 11) is 0. The molecule has 47 heavy (non-hydrogen) atoms. The number of nitrogens with two attached hydrogens (primary N) is 1. The Morgan fingerprint density at radius 1 is 1.04 bits per heavy atom. The molecule has 0 fully saturated rings. The number of carbonyl (C=O) groups excluding carboxylic acids is 5. The minimum Gasteiger partial charge on any atom is -0.493 e. The van der Waals surface area contributed by atoms with Gasteiger partial charge in [-0.15, -0.1) is 0 Å². The van der Waals surface area contributed by atoms with Gasteiger partial charge in [0.25, 0.3) is 11.8 Å². The van der Waals surface area contributed by atoms with Crippen LogP contribution in [0.15, 0.2) is 53.1 Å². The Hall–Kier alpha value is -5.47. The Labute approximate surface area is 269 Å². The Morgan fingerprint density at radius 2 is 1.81 bits per heavy atom. The summed E-state index contributed by atoms with van der Waals surface area (Å²) < 4.78 is 30.3. The molecule has 0 saturated carbocycles.